The molecule has 0 N–H and O–H groups in total. The Hall–Kier alpha value is -7.68. The number of aromatic nitrogens is 1. The molecule has 0 spiro atoms. The Balaban J connectivity index is 1.09. The van der Waals surface area contributed by atoms with Gasteiger partial charge < -0.3 is 9.47 Å². The Morgan fingerprint density at radius 3 is 1.48 bits per heavy atom. The lowest BCUT2D eigenvalue weighted by Gasteiger charge is -2.27. The molecule has 0 atom stereocenters. The third kappa shape index (κ3) is 5.82. The fraction of sp³-hybridized carbons (Fsp3) is 0. The zero-order valence-electron chi connectivity index (χ0n) is 31.8. The van der Waals surface area contributed by atoms with Gasteiger partial charge in [0, 0.05) is 27.8 Å². The van der Waals surface area contributed by atoms with Crippen molar-refractivity contribution in [2.45, 2.75) is 0 Å². The minimum absolute atomic E-state index is 1.09. The standard InChI is InChI=1S/C56H38N2/c1-3-15-41(16-4-1)51-37-44-18-9-10-19-45(44)38-52(51)42-30-34-49(35-31-42)57(48-32-28-40(29-33-48)46-27-26-39-14-7-8-17-43(39)36-46)54-24-13-25-55-56(54)50-22-11-12-23-53(50)58(55)47-20-5-2-6-21-47/h1-38H. The van der Waals surface area contributed by atoms with E-state index in [4.69, 9.17) is 0 Å². The number of fused-ring (bicyclic) bond motifs is 5. The van der Waals surface area contributed by atoms with Gasteiger partial charge in [-0.2, -0.15) is 0 Å². The maximum Gasteiger partial charge on any atom is 0.0562 e. The van der Waals surface area contributed by atoms with Crippen LogP contribution in [0.3, 0.4) is 0 Å². The van der Waals surface area contributed by atoms with Crippen LogP contribution in [0.15, 0.2) is 231 Å². The van der Waals surface area contributed by atoms with Gasteiger partial charge >= 0.3 is 0 Å². The van der Waals surface area contributed by atoms with Gasteiger partial charge in [-0.05, 0) is 128 Å². The van der Waals surface area contributed by atoms with E-state index in [9.17, 15) is 0 Å². The van der Waals surface area contributed by atoms with E-state index in [1.807, 2.05) is 0 Å². The van der Waals surface area contributed by atoms with E-state index < -0.39 is 0 Å². The molecule has 1 heterocycles. The van der Waals surface area contributed by atoms with E-state index in [-0.39, 0.29) is 0 Å². The first-order valence-corrected chi connectivity index (χ1v) is 19.9. The van der Waals surface area contributed by atoms with Crippen LogP contribution >= 0.6 is 0 Å². The molecular formula is C56H38N2. The summed E-state index contributed by atoms with van der Waals surface area (Å²) in [5.41, 5.74) is 14.0. The van der Waals surface area contributed by atoms with E-state index in [1.165, 1.54) is 76.7 Å². The van der Waals surface area contributed by atoms with Crippen molar-refractivity contribution in [3.8, 4) is 39.1 Å². The first-order valence-electron chi connectivity index (χ1n) is 19.9. The zero-order valence-corrected chi connectivity index (χ0v) is 31.8. The molecule has 0 bridgehead atoms. The van der Waals surface area contributed by atoms with Crippen LogP contribution in [0.2, 0.25) is 0 Å². The maximum absolute atomic E-state index is 2.43. The molecule has 2 nitrogen and oxygen atoms in total. The van der Waals surface area contributed by atoms with Crippen LogP contribution in [0.5, 0.6) is 0 Å². The number of hydrogen-bond acceptors (Lipinski definition) is 1. The SMILES string of the molecule is c1ccc(-c2cc3ccccc3cc2-c2ccc(N(c3ccc(-c4ccc5ccccc5c4)cc3)c3cccc4c3c3ccccc3n4-c3ccccc3)cc2)cc1. The minimum atomic E-state index is 1.09. The van der Waals surface area contributed by atoms with Crippen LogP contribution in [-0.4, -0.2) is 4.57 Å². The molecule has 0 aliphatic rings. The molecule has 58 heavy (non-hydrogen) atoms. The van der Waals surface area contributed by atoms with Gasteiger partial charge in [0.05, 0.1) is 16.7 Å². The molecule has 272 valence electrons. The molecule has 0 aliphatic carbocycles. The van der Waals surface area contributed by atoms with Gasteiger partial charge in [0.15, 0.2) is 0 Å². The third-order valence-electron chi connectivity index (χ3n) is 11.5. The Labute approximate surface area is 338 Å². The van der Waals surface area contributed by atoms with Crippen LogP contribution in [0.4, 0.5) is 17.1 Å². The highest BCUT2D eigenvalue weighted by Gasteiger charge is 2.21. The number of para-hydroxylation sites is 2. The van der Waals surface area contributed by atoms with Gasteiger partial charge in [-0.15, -0.1) is 0 Å². The number of rotatable bonds is 7. The summed E-state index contributed by atoms with van der Waals surface area (Å²) in [6, 6.07) is 83.7. The van der Waals surface area contributed by atoms with Crippen LogP contribution < -0.4 is 4.90 Å². The van der Waals surface area contributed by atoms with E-state index >= 15 is 0 Å². The molecule has 0 saturated carbocycles. The van der Waals surface area contributed by atoms with Gasteiger partial charge in [-0.25, -0.2) is 0 Å². The molecule has 0 radical (unpaired) electrons. The fourth-order valence-electron chi connectivity index (χ4n) is 8.77. The Morgan fingerprint density at radius 2 is 0.810 bits per heavy atom. The Morgan fingerprint density at radius 1 is 0.310 bits per heavy atom. The Bertz CT molecular complexity index is 3250. The molecule has 0 amide bonds. The average Bonchev–Trinajstić information content (AvgIpc) is 3.65. The average molecular weight is 739 g/mol. The summed E-state index contributed by atoms with van der Waals surface area (Å²) in [6.45, 7) is 0. The molecule has 1 aromatic heterocycles. The molecule has 0 saturated heterocycles. The summed E-state index contributed by atoms with van der Waals surface area (Å²) in [5.74, 6) is 0. The van der Waals surface area contributed by atoms with Crippen molar-refractivity contribution in [1.82, 2.24) is 4.57 Å². The van der Waals surface area contributed by atoms with Crippen molar-refractivity contribution in [3.63, 3.8) is 0 Å². The van der Waals surface area contributed by atoms with E-state index in [1.54, 1.807) is 0 Å². The lowest BCUT2D eigenvalue weighted by atomic mass is 9.91. The van der Waals surface area contributed by atoms with Crippen molar-refractivity contribution in [2.24, 2.45) is 0 Å². The predicted molar refractivity (Wildman–Crippen MR) is 247 cm³/mol. The summed E-state index contributed by atoms with van der Waals surface area (Å²) in [5, 5.41) is 7.40. The number of hydrogen-bond donors (Lipinski definition) is 0. The number of anilines is 3. The van der Waals surface area contributed by atoms with Crippen LogP contribution in [-0.2, 0) is 0 Å². The summed E-state index contributed by atoms with van der Waals surface area (Å²) < 4.78 is 2.39. The third-order valence-corrected chi connectivity index (χ3v) is 11.5. The second kappa shape index (κ2) is 14.1. The first kappa shape index (κ1) is 33.6. The first-order chi connectivity index (χ1) is 28.8. The maximum atomic E-state index is 2.43. The highest BCUT2D eigenvalue weighted by atomic mass is 15.1. The summed E-state index contributed by atoms with van der Waals surface area (Å²) in [6.07, 6.45) is 0. The molecule has 11 rings (SSSR count). The van der Waals surface area contributed by atoms with E-state index in [2.05, 4.69) is 240 Å². The minimum Gasteiger partial charge on any atom is -0.310 e. The van der Waals surface area contributed by atoms with Crippen molar-refractivity contribution < 1.29 is 0 Å². The monoisotopic (exact) mass is 738 g/mol. The van der Waals surface area contributed by atoms with Gasteiger partial charge in [0.1, 0.15) is 0 Å². The van der Waals surface area contributed by atoms with Crippen molar-refractivity contribution in [3.05, 3.63) is 231 Å². The molecule has 0 fully saturated rings. The van der Waals surface area contributed by atoms with Crippen molar-refractivity contribution >= 4 is 60.4 Å². The highest BCUT2D eigenvalue weighted by Crippen LogP contribution is 2.45. The summed E-state index contributed by atoms with van der Waals surface area (Å²) >= 11 is 0. The van der Waals surface area contributed by atoms with Crippen molar-refractivity contribution in [1.29, 1.82) is 0 Å². The predicted octanol–water partition coefficient (Wildman–Crippen LogP) is 15.6. The van der Waals surface area contributed by atoms with Gasteiger partial charge in [0.2, 0.25) is 0 Å². The second-order valence-electron chi connectivity index (χ2n) is 15.0. The fourth-order valence-corrected chi connectivity index (χ4v) is 8.77. The largest absolute Gasteiger partial charge is 0.310 e. The van der Waals surface area contributed by atoms with Gasteiger partial charge in [0.25, 0.3) is 0 Å². The smallest absolute Gasteiger partial charge is 0.0562 e. The van der Waals surface area contributed by atoms with Gasteiger partial charge in [-0.3, -0.25) is 0 Å². The van der Waals surface area contributed by atoms with Gasteiger partial charge in [-0.1, -0.05) is 158 Å². The molecule has 10 aromatic carbocycles. The molecular weight excluding hydrogens is 701 g/mol. The van der Waals surface area contributed by atoms with E-state index in [0.29, 0.717) is 0 Å². The Kier molecular flexibility index (Phi) is 8.19. The zero-order chi connectivity index (χ0) is 38.4. The lowest BCUT2D eigenvalue weighted by Crippen LogP contribution is -2.10. The number of benzene rings is 10. The summed E-state index contributed by atoms with van der Waals surface area (Å²) in [4.78, 5) is 2.43. The molecule has 0 unspecified atom stereocenters. The number of nitrogens with zero attached hydrogens (tertiary/aromatic N) is 2. The van der Waals surface area contributed by atoms with Crippen LogP contribution in [0.1, 0.15) is 0 Å². The topological polar surface area (TPSA) is 8.17 Å². The second-order valence-corrected chi connectivity index (χ2v) is 15.0. The molecule has 2 heteroatoms. The van der Waals surface area contributed by atoms with Crippen molar-refractivity contribution in [2.75, 3.05) is 4.90 Å². The van der Waals surface area contributed by atoms with Crippen LogP contribution in [0, 0.1) is 0 Å². The normalized spacial score (nSPS) is 11.4. The molecule has 11 aromatic rings. The van der Waals surface area contributed by atoms with E-state index in [0.717, 1.165) is 22.7 Å². The summed E-state index contributed by atoms with van der Waals surface area (Å²) in [7, 11) is 0. The van der Waals surface area contributed by atoms with Crippen LogP contribution in [0.25, 0.3) is 82.4 Å². The lowest BCUT2D eigenvalue weighted by molar-refractivity contribution is 1.18. The quantitative estimate of drug-likeness (QED) is 0.158. The highest BCUT2D eigenvalue weighted by molar-refractivity contribution is 6.16. The molecule has 0 aliphatic heterocycles.